The minimum absolute atomic E-state index is 0.0486. The Kier molecular flexibility index (Phi) is 7.22. The Morgan fingerprint density at radius 1 is 1.35 bits per heavy atom. The Balaban J connectivity index is 3.05. The van der Waals surface area contributed by atoms with Gasteiger partial charge in [-0.25, -0.2) is 4.79 Å². The maximum Gasteiger partial charge on any atom is 0.341 e. The number of carbonyl (C=O) groups excluding carboxylic acids is 2. The van der Waals surface area contributed by atoms with E-state index in [2.05, 4.69) is 33.0 Å². The van der Waals surface area contributed by atoms with Gasteiger partial charge in [-0.15, -0.1) is 11.3 Å². The van der Waals surface area contributed by atoms with Gasteiger partial charge in [0.05, 0.1) is 12.2 Å². The van der Waals surface area contributed by atoms with Gasteiger partial charge in [-0.05, 0) is 30.7 Å². The maximum absolute atomic E-state index is 12.1. The van der Waals surface area contributed by atoms with Gasteiger partial charge in [0, 0.05) is 12.0 Å². The molecule has 1 aromatic rings. The number of amides is 1. The third kappa shape index (κ3) is 6.31. The highest BCUT2D eigenvalue weighted by atomic mass is 32.1. The van der Waals surface area contributed by atoms with Gasteiger partial charge in [0.2, 0.25) is 0 Å². The zero-order chi connectivity index (χ0) is 17.6. The fourth-order valence-corrected chi connectivity index (χ4v) is 3.53. The second-order valence-electron chi connectivity index (χ2n) is 6.76. The highest BCUT2D eigenvalue weighted by Gasteiger charge is 2.23. The van der Waals surface area contributed by atoms with Crippen LogP contribution in [0.2, 0.25) is 0 Å². The Morgan fingerprint density at radius 3 is 2.52 bits per heavy atom. The first-order chi connectivity index (χ1) is 10.7. The van der Waals surface area contributed by atoms with Crippen LogP contribution in [0.25, 0.3) is 0 Å². The van der Waals surface area contributed by atoms with Gasteiger partial charge < -0.3 is 14.8 Å². The van der Waals surface area contributed by atoms with E-state index in [9.17, 15) is 9.59 Å². The number of hydrogen-bond donors (Lipinski definition) is 1. The Labute approximate surface area is 142 Å². The van der Waals surface area contributed by atoms with E-state index < -0.39 is 5.97 Å². The average Bonchev–Trinajstić information content (AvgIpc) is 2.81. The number of methoxy groups -OCH3 is 1. The summed E-state index contributed by atoms with van der Waals surface area (Å²) < 4.78 is 9.91. The van der Waals surface area contributed by atoms with Crippen molar-refractivity contribution in [3.63, 3.8) is 0 Å². The van der Waals surface area contributed by atoms with Gasteiger partial charge in [0.15, 0.2) is 0 Å². The lowest BCUT2D eigenvalue weighted by atomic mass is 9.85. The number of anilines is 1. The van der Waals surface area contributed by atoms with Crippen molar-refractivity contribution in [2.45, 2.75) is 47.0 Å². The number of thiophene rings is 1. The molecule has 0 aliphatic carbocycles. The van der Waals surface area contributed by atoms with Crippen LogP contribution < -0.4 is 5.32 Å². The molecule has 1 aromatic heterocycles. The zero-order valence-electron chi connectivity index (χ0n) is 14.8. The van der Waals surface area contributed by atoms with Gasteiger partial charge in [-0.3, -0.25) is 4.79 Å². The molecule has 0 spiro atoms. The minimum atomic E-state index is -0.411. The molecule has 0 aliphatic rings. The van der Waals surface area contributed by atoms with Crippen LogP contribution in [0.3, 0.4) is 0 Å². The van der Waals surface area contributed by atoms with E-state index >= 15 is 0 Å². The Bertz CT molecular complexity index is 545. The van der Waals surface area contributed by atoms with Crippen LogP contribution in [-0.4, -0.2) is 32.2 Å². The van der Waals surface area contributed by atoms with Gasteiger partial charge >= 0.3 is 5.97 Å². The van der Waals surface area contributed by atoms with Gasteiger partial charge in [0.25, 0.3) is 5.91 Å². The largest absolute Gasteiger partial charge is 0.462 e. The predicted octanol–water partition coefficient (Wildman–Crippen LogP) is 4.05. The van der Waals surface area contributed by atoms with Crippen LogP contribution in [0.5, 0.6) is 0 Å². The van der Waals surface area contributed by atoms with E-state index in [1.165, 1.54) is 18.4 Å². The topological polar surface area (TPSA) is 64.6 Å². The van der Waals surface area contributed by atoms with Crippen molar-refractivity contribution in [1.29, 1.82) is 0 Å². The number of ether oxygens (including phenoxy) is 2. The first kappa shape index (κ1) is 19.6. The van der Waals surface area contributed by atoms with E-state index in [1.54, 1.807) is 6.92 Å². The monoisotopic (exact) mass is 341 g/mol. The molecular weight excluding hydrogens is 314 g/mol. The quantitative estimate of drug-likeness (QED) is 0.760. The normalized spacial score (nSPS) is 12.8. The summed E-state index contributed by atoms with van der Waals surface area (Å²) in [4.78, 5) is 25.0. The van der Waals surface area contributed by atoms with E-state index in [4.69, 9.17) is 9.47 Å². The van der Waals surface area contributed by atoms with E-state index in [-0.39, 0.29) is 17.9 Å². The predicted molar refractivity (Wildman–Crippen MR) is 93.3 cm³/mol. The number of nitrogens with one attached hydrogen (secondary N) is 1. The third-order valence-electron chi connectivity index (χ3n) is 3.18. The number of rotatable bonds is 7. The first-order valence-electron chi connectivity index (χ1n) is 7.77. The van der Waals surface area contributed by atoms with Crippen LogP contribution in [0.15, 0.2) is 6.07 Å². The van der Waals surface area contributed by atoms with Crippen molar-refractivity contribution in [3.05, 3.63) is 16.5 Å². The molecule has 5 nitrogen and oxygen atoms in total. The molecule has 1 atom stereocenters. The van der Waals surface area contributed by atoms with E-state index in [0.717, 1.165) is 11.3 Å². The zero-order valence-corrected chi connectivity index (χ0v) is 15.6. The fourth-order valence-electron chi connectivity index (χ4n) is 2.42. The van der Waals surface area contributed by atoms with Crippen molar-refractivity contribution in [2.24, 2.45) is 5.41 Å². The molecule has 130 valence electrons. The van der Waals surface area contributed by atoms with Crippen LogP contribution in [0.1, 0.15) is 62.2 Å². The molecule has 0 saturated heterocycles. The van der Waals surface area contributed by atoms with Crippen LogP contribution in [0, 0.1) is 5.41 Å². The summed E-state index contributed by atoms with van der Waals surface area (Å²) in [7, 11) is 1.46. The second kappa shape index (κ2) is 8.45. The summed E-state index contributed by atoms with van der Waals surface area (Å²) in [5.74, 6) is -0.401. The summed E-state index contributed by atoms with van der Waals surface area (Å²) in [5, 5.41) is 3.27. The van der Waals surface area contributed by atoms with Gasteiger partial charge in [-0.2, -0.15) is 0 Å². The lowest BCUT2D eigenvalue weighted by Crippen LogP contribution is -2.18. The lowest BCUT2D eigenvalue weighted by molar-refractivity contribution is -0.119. The second-order valence-corrected chi connectivity index (χ2v) is 7.84. The van der Waals surface area contributed by atoms with Crippen molar-refractivity contribution < 1.29 is 19.1 Å². The molecule has 1 N–H and O–H groups in total. The van der Waals surface area contributed by atoms with Crippen molar-refractivity contribution in [1.82, 2.24) is 0 Å². The van der Waals surface area contributed by atoms with E-state index in [1.807, 2.05) is 6.07 Å². The molecule has 1 heterocycles. The first-order valence-corrected chi connectivity index (χ1v) is 8.59. The Hall–Kier alpha value is -1.40. The molecule has 6 heteroatoms. The highest BCUT2D eigenvalue weighted by Crippen LogP contribution is 2.38. The lowest BCUT2D eigenvalue weighted by Gasteiger charge is -2.22. The molecular formula is C17H27NO4S. The van der Waals surface area contributed by atoms with Crippen LogP contribution in [-0.2, 0) is 14.3 Å². The summed E-state index contributed by atoms with van der Waals surface area (Å²) in [6.07, 6.45) is 0.987. The minimum Gasteiger partial charge on any atom is -0.462 e. The van der Waals surface area contributed by atoms with Crippen LogP contribution >= 0.6 is 11.3 Å². The van der Waals surface area contributed by atoms with Crippen molar-refractivity contribution >= 4 is 28.2 Å². The summed E-state index contributed by atoms with van der Waals surface area (Å²) in [5.41, 5.74) is 0.601. The summed E-state index contributed by atoms with van der Waals surface area (Å²) in [6, 6.07) is 1.83. The smallest absolute Gasteiger partial charge is 0.341 e. The summed E-state index contributed by atoms with van der Waals surface area (Å²) in [6.45, 7) is 10.7. The molecule has 1 rings (SSSR count). The average molecular weight is 341 g/mol. The highest BCUT2D eigenvalue weighted by molar-refractivity contribution is 7.16. The fraction of sp³-hybridized carbons (Fsp3) is 0.647. The number of hydrogen-bond acceptors (Lipinski definition) is 5. The van der Waals surface area contributed by atoms with E-state index in [0.29, 0.717) is 23.1 Å². The van der Waals surface area contributed by atoms with Gasteiger partial charge in [-0.1, -0.05) is 27.7 Å². The van der Waals surface area contributed by atoms with Crippen molar-refractivity contribution in [3.8, 4) is 0 Å². The standard InChI is InChI=1S/C17H27NO4S/c1-7-22-16(20)12-8-13(11(2)9-17(3,4)5)23-15(12)18-14(19)10-21-6/h8,11H,7,9-10H2,1-6H3,(H,18,19)/t11-/m1/s1. The Morgan fingerprint density at radius 2 is 2.00 bits per heavy atom. The maximum atomic E-state index is 12.1. The number of carbonyl (C=O) groups is 2. The molecule has 0 unspecified atom stereocenters. The van der Waals surface area contributed by atoms with Crippen molar-refractivity contribution in [2.75, 3.05) is 25.6 Å². The molecule has 0 fully saturated rings. The van der Waals surface area contributed by atoms with Gasteiger partial charge in [0.1, 0.15) is 11.6 Å². The molecule has 0 aliphatic heterocycles. The molecule has 23 heavy (non-hydrogen) atoms. The van der Waals surface area contributed by atoms with Crippen LogP contribution in [0.4, 0.5) is 5.00 Å². The molecule has 0 bridgehead atoms. The molecule has 1 amide bonds. The molecule has 0 radical (unpaired) electrons. The molecule has 0 saturated carbocycles. The number of esters is 1. The molecule has 0 aromatic carbocycles. The third-order valence-corrected chi connectivity index (χ3v) is 4.46. The SMILES string of the molecule is CCOC(=O)c1cc([C@H](C)CC(C)(C)C)sc1NC(=O)COC. The summed E-state index contributed by atoms with van der Waals surface area (Å²) >= 11 is 1.43.